The Morgan fingerprint density at radius 2 is 1.83 bits per heavy atom. The molecule has 190 valence electrons. The maximum absolute atomic E-state index is 13.8. The van der Waals surface area contributed by atoms with Gasteiger partial charge >= 0.3 is 6.09 Å². The molecule has 1 amide bonds. The van der Waals surface area contributed by atoms with Gasteiger partial charge in [-0.05, 0) is 54.3 Å². The summed E-state index contributed by atoms with van der Waals surface area (Å²) < 4.78 is 38.6. The fourth-order valence-corrected chi connectivity index (χ4v) is 4.32. The Bertz CT molecular complexity index is 1160. The first-order valence-corrected chi connectivity index (χ1v) is 12.1. The van der Waals surface area contributed by atoms with E-state index < -0.39 is 29.9 Å². The number of fused-ring (bicyclic) bond motifs is 1. The molecule has 1 aliphatic rings. The average Bonchev–Trinajstić information content (AvgIpc) is 2.86. The standard InChI is InChI=1S/C28H30F2N2O4/c1-2-18-8-9-27-23(14-18)24(10-11-35-27)31-17-26(33)25(15-19-12-20(29)16-21(30)13-19)32-28(34)36-22-6-4-3-5-7-22/h3-9,12-14,16,24-26,31,33H,2,10-11,15,17H2,1H3,(H,32,34)/t24?,25-,26+/m0/s1. The Morgan fingerprint density at radius 1 is 1.08 bits per heavy atom. The van der Waals surface area contributed by atoms with Crippen LogP contribution < -0.4 is 20.1 Å². The molecule has 1 aliphatic heterocycles. The molecule has 0 spiro atoms. The number of ether oxygens (including phenoxy) is 2. The summed E-state index contributed by atoms with van der Waals surface area (Å²) in [4.78, 5) is 12.6. The van der Waals surface area contributed by atoms with Gasteiger partial charge in [-0.3, -0.25) is 0 Å². The van der Waals surface area contributed by atoms with Gasteiger partial charge in [0.2, 0.25) is 0 Å². The number of nitrogens with one attached hydrogen (secondary N) is 2. The molecule has 8 heteroatoms. The van der Waals surface area contributed by atoms with E-state index in [0.29, 0.717) is 17.9 Å². The molecule has 4 rings (SSSR count). The quantitative estimate of drug-likeness (QED) is 0.400. The molecule has 1 heterocycles. The second kappa shape index (κ2) is 12.0. The van der Waals surface area contributed by atoms with Crippen LogP contribution in [0.15, 0.2) is 66.7 Å². The first-order chi connectivity index (χ1) is 17.4. The zero-order valence-electron chi connectivity index (χ0n) is 20.0. The number of halogens is 2. The van der Waals surface area contributed by atoms with Gasteiger partial charge in [-0.2, -0.15) is 0 Å². The van der Waals surface area contributed by atoms with Crippen LogP contribution in [0.1, 0.15) is 36.1 Å². The van der Waals surface area contributed by atoms with Crippen LogP contribution in [0.4, 0.5) is 13.6 Å². The van der Waals surface area contributed by atoms with Crippen LogP contribution in [0, 0.1) is 11.6 Å². The first kappa shape index (κ1) is 25.6. The summed E-state index contributed by atoms with van der Waals surface area (Å²) in [5.74, 6) is -0.312. The molecule has 0 fully saturated rings. The SMILES string of the molecule is CCc1ccc2c(c1)C(NC[C@@H](O)[C@H](Cc1cc(F)cc(F)c1)NC(=O)Oc1ccccc1)CCO2. The highest BCUT2D eigenvalue weighted by Crippen LogP contribution is 2.33. The second-order valence-electron chi connectivity index (χ2n) is 8.83. The fraction of sp³-hybridized carbons (Fsp3) is 0.321. The van der Waals surface area contributed by atoms with Gasteiger partial charge in [-0.25, -0.2) is 13.6 Å². The van der Waals surface area contributed by atoms with Crippen LogP contribution in [-0.2, 0) is 12.8 Å². The minimum Gasteiger partial charge on any atom is -0.493 e. The number of rotatable bonds is 9. The number of aryl methyl sites for hydroxylation is 1. The highest BCUT2D eigenvalue weighted by Gasteiger charge is 2.27. The molecular weight excluding hydrogens is 466 g/mol. The lowest BCUT2D eigenvalue weighted by atomic mass is 9.96. The molecule has 3 aromatic carbocycles. The summed E-state index contributed by atoms with van der Waals surface area (Å²) in [7, 11) is 0. The van der Waals surface area contributed by atoms with Crippen molar-refractivity contribution in [2.45, 2.75) is 44.4 Å². The summed E-state index contributed by atoms with van der Waals surface area (Å²) in [6, 6.07) is 16.8. The first-order valence-electron chi connectivity index (χ1n) is 12.1. The van der Waals surface area contributed by atoms with Gasteiger partial charge < -0.3 is 25.2 Å². The maximum Gasteiger partial charge on any atom is 0.412 e. The zero-order chi connectivity index (χ0) is 25.5. The van der Waals surface area contributed by atoms with Gasteiger partial charge in [0, 0.05) is 30.6 Å². The van der Waals surface area contributed by atoms with Gasteiger partial charge in [0.15, 0.2) is 0 Å². The molecule has 0 radical (unpaired) electrons. The van der Waals surface area contributed by atoms with Crippen molar-refractivity contribution in [3.63, 3.8) is 0 Å². The Hall–Kier alpha value is -3.49. The van der Waals surface area contributed by atoms with Crippen molar-refractivity contribution in [1.29, 1.82) is 0 Å². The lowest BCUT2D eigenvalue weighted by Crippen LogP contribution is -2.50. The summed E-state index contributed by atoms with van der Waals surface area (Å²) in [5, 5.41) is 17.1. The van der Waals surface area contributed by atoms with E-state index in [9.17, 15) is 18.7 Å². The highest BCUT2D eigenvalue weighted by atomic mass is 19.1. The molecule has 6 nitrogen and oxygen atoms in total. The summed E-state index contributed by atoms with van der Waals surface area (Å²) in [5.41, 5.74) is 2.51. The predicted molar refractivity (Wildman–Crippen MR) is 132 cm³/mol. The molecule has 3 aromatic rings. The highest BCUT2D eigenvalue weighted by molar-refractivity contribution is 5.70. The number of hydrogen-bond acceptors (Lipinski definition) is 5. The Balaban J connectivity index is 1.47. The minimum absolute atomic E-state index is 0.00572. The van der Waals surface area contributed by atoms with Crippen molar-refractivity contribution < 1.29 is 28.2 Å². The monoisotopic (exact) mass is 496 g/mol. The molecule has 0 bridgehead atoms. The normalized spacial score (nSPS) is 16.4. The Morgan fingerprint density at radius 3 is 2.56 bits per heavy atom. The zero-order valence-corrected chi connectivity index (χ0v) is 20.0. The number of aliphatic hydroxyl groups is 1. The lowest BCUT2D eigenvalue weighted by molar-refractivity contribution is 0.113. The number of hydrogen-bond donors (Lipinski definition) is 3. The van der Waals surface area contributed by atoms with E-state index in [1.807, 2.05) is 12.1 Å². The third-order valence-corrected chi connectivity index (χ3v) is 6.19. The van der Waals surface area contributed by atoms with Crippen LogP contribution in [0.2, 0.25) is 0 Å². The number of amides is 1. The Kier molecular flexibility index (Phi) is 8.51. The summed E-state index contributed by atoms with van der Waals surface area (Å²) >= 11 is 0. The smallest absolute Gasteiger partial charge is 0.412 e. The fourth-order valence-electron chi connectivity index (χ4n) is 4.32. The van der Waals surface area contributed by atoms with Gasteiger partial charge in [0.1, 0.15) is 23.1 Å². The van der Waals surface area contributed by atoms with Crippen molar-refractivity contribution in [2.24, 2.45) is 0 Å². The maximum atomic E-state index is 13.8. The van der Waals surface area contributed by atoms with Crippen molar-refractivity contribution in [3.05, 3.63) is 95.1 Å². The van der Waals surface area contributed by atoms with Crippen LogP contribution in [0.25, 0.3) is 0 Å². The van der Waals surface area contributed by atoms with Gasteiger partial charge in [-0.1, -0.05) is 37.3 Å². The predicted octanol–water partition coefficient (Wildman–Crippen LogP) is 4.70. The molecule has 3 N–H and O–H groups in total. The van der Waals surface area contributed by atoms with Crippen molar-refractivity contribution in [1.82, 2.24) is 10.6 Å². The second-order valence-corrected chi connectivity index (χ2v) is 8.83. The van der Waals surface area contributed by atoms with Crippen LogP contribution in [0.5, 0.6) is 11.5 Å². The van der Waals surface area contributed by atoms with Crippen molar-refractivity contribution in [3.8, 4) is 11.5 Å². The molecule has 0 saturated carbocycles. The Labute approximate surface area is 209 Å². The van der Waals surface area contributed by atoms with E-state index in [0.717, 1.165) is 30.2 Å². The largest absolute Gasteiger partial charge is 0.493 e. The van der Waals surface area contributed by atoms with Crippen LogP contribution in [0.3, 0.4) is 0 Å². The molecule has 0 aromatic heterocycles. The number of para-hydroxylation sites is 1. The van der Waals surface area contributed by atoms with E-state index >= 15 is 0 Å². The average molecular weight is 497 g/mol. The van der Waals surface area contributed by atoms with Crippen LogP contribution >= 0.6 is 0 Å². The van der Waals surface area contributed by atoms with Gasteiger partial charge in [0.25, 0.3) is 0 Å². The third kappa shape index (κ3) is 6.80. The number of benzene rings is 3. The number of aliphatic hydroxyl groups excluding tert-OH is 1. The minimum atomic E-state index is -1.07. The molecule has 1 unspecified atom stereocenters. The van der Waals surface area contributed by atoms with Crippen molar-refractivity contribution >= 4 is 6.09 Å². The molecular formula is C28H30F2N2O4. The summed E-state index contributed by atoms with van der Waals surface area (Å²) in [6.45, 7) is 2.76. The van der Waals surface area contributed by atoms with E-state index in [4.69, 9.17) is 9.47 Å². The molecule has 0 saturated heterocycles. The van der Waals surface area contributed by atoms with E-state index in [1.165, 1.54) is 17.7 Å². The van der Waals surface area contributed by atoms with Gasteiger partial charge in [0.05, 0.1) is 18.8 Å². The topological polar surface area (TPSA) is 79.8 Å². The van der Waals surface area contributed by atoms with Crippen LogP contribution in [-0.4, -0.2) is 36.5 Å². The number of carbonyl (C=O) groups is 1. The van der Waals surface area contributed by atoms with Crippen molar-refractivity contribution in [2.75, 3.05) is 13.2 Å². The van der Waals surface area contributed by atoms with E-state index in [1.54, 1.807) is 30.3 Å². The van der Waals surface area contributed by atoms with E-state index in [-0.39, 0.29) is 19.0 Å². The third-order valence-electron chi connectivity index (χ3n) is 6.19. The molecule has 3 atom stereocenters. The lowest BCUT2D eigenvalue weighted by Gasteiger charge is -2.30. The molecule has 36 heavy (non-hydrogen) atoms. The molecule has 0 aliphatic carbocycles. The van der Waals surface area contributed by atoms with Gasteiger partial charge in [-0.15, -0.1) is 0 Å². The number of carbonyl (C=O) groups excluding carboxylic acids is 1. The van der Waals surface area contributed by atoms with E-state index in [2.05, 4.69) is 23.6 Å². The summed E-state index contributed by atoms with van der Waals surface area (Å²) in [6.07, 6.45) is -0.226.